The van der Waals surface area contributed by atoms with Gasteiger partial charge in [-0.3, -0.25) is 14.6 Å². The number of hydrogen-bond donors (Lipinski definition) is 3. The molecule has 0 radical (unpaired) electrons. The monoisotopic (exact) mass is 553 g/mol. The maximum Gasteiger partial charge on any atom is 0.494 e. The van der Waals surface area contributed by atoms with Crippen LogP contribution in [-0.2, 0) is 30.1 Å². The fourth-order valence-electron chi connectivity index (χ4n) is 4.30. The summed E-state index contributed by atoms with van der Waals surface area (Å²) in [7, 11) is -0.916. The molecule has 2 fully saturated rings. The number of ether oxygens (including phenoxy) is 1. The van der Waals surface area contributed by atoms with Gasteiger partial charge in [0.2, 0.25) is 0 Å². The molecule has 2 heterocycles. The van der Waals surface area contributed by atoms with E-state index in [9.17, 15) is 28.3 Å². The van der Waals surface area contributed by atoms with Gasteiger partial charge in [-0.25, -0.2) is 19.0 Å². The Morgan fingerprint density at radius 1 is 1.18 bits per heavy atom. The van der Waals surface area contributed by atoms with Gasteiger partial charge < -0.3 is 24.5 Å². The minimum absolute atomic E-state index is 0.166. The zero-order valence-corrected chi connectivity index (χ0v) is 23.5. The van der Waals surface area contributed by atoms with Crippen LogP contribution in [0.1, 0.15) is 78.9 Å². The van der Waals surface area contributed by atoms with Gasteiger partial charge in [0, 0.05) is 18.5 Å². The molecule has 1 aromatic carbocycles. The number of amides is 2. The van der Waals surface area contributed by atoms with Crippen LogP contribution < -0.4 is 16.2 Å². The van der Waals surface area contributed by atoms with Gasteiger partial charge in [-0.1, -0.05) is 18.2 Å². The van der Waals surface area contributed by atoms with Crippen molar-refractivity contribution in [3.8, 4) is 0 Å². The first-order valence-electron chi connectivity index (χ1n) is 13.0. The summed E-state index contributed by atoms with van der Waals surface area (Å²) in [6.07, 6.45) is -3.08. The van der Waals surface area contributed by atoms with Crippen LogP contribution in [0.5, 0.6) is 0 Å². The molecule has 10 nitrogen and oxygen atoms in total. The second kappa shape index (κ2) is 11.4. The van der Waals surface area contributed by atoms with Crippen LogP contribution in [0, 0.1) is 0 Å². The summed E-state index contributed by atoms with van der Waals surface area (Å²) in [5.41, 5.74) is 0.824. The van der Waals surface area contributed by atoms with E-state index in [1.54, 1.807) is 26.8 Å². The molecule has 2 amide bonds. The Bertz CT molecular complexity index is 1080. The van der Waals surface area contributed by atoms with Crippen LogP contribution in [0.15, 0.2) is 18.2 Å². The lowest BCUT2D eigenvalue weighted by Gasteiger charge is -2.34. The van der Waals surface area contributed by atoms with E-state index < -0.39 is 60.4 Å². The molecular weight excluding hydrogens is 515 g/mol. The Labute approximate surface area is 227 Å². The number of benzene rings is 1. The van der Waals surface area contributed by atoms with Gasteiger partial charge in [0.25, 0.3) is 12.3 Å². The Balaban J connectivity index is 1.93. The lowest BCUT2D eigenvalue weighted by Crippen LogP contribution is -2.60. The third-order valence-electron chi connectivity index (χ3n) is 6.99. The normalized spacial score (nSPS) is 21.5. The van der Waals surface area contributed by atoms with E-state index in [4.69, 9.17) is 14.0 Å². The van der Waals surface area contributed by atoms with Gasteiger partial charge in [-0.15, -0.1) is 0 Å². The third-order valence-corrected chi connectivity index (χ3v) is 6.99. The number of carboxylic acid groups (broad SMARTS) is 1. The molecule has 3 N–H and O–H groups in total. The number of aliphatic carboxylic acids is 1. The van der Waals surface area contributed by atoms with Crippen LogP contribution in [0.2, 0.25) is 0 Å². The molecule has 2 aliphatic heterocycles. The van der Waals surface area contributed by atoms with Crippen LogP contribution in [0.25, 0.3) is 0 Å². The van der Waals surface area contributed by atoms with E-state index in [0.717, 1.165) is 5.01 Å². The van der Waals surface area contributed by atoms with Crippen LogP contribution in [0.4, 0.5) is 13.6 Å². The van der Waals surface area contributed by atoms with Crippen molar-refractivity contribution >= 4 is 30.6 Å². The van der Waals surface area contributed by atoms with Crippen molar-refractivity contribution in [2.75, 3.05) is 6.54 Å². The standard InChI is InChI=1S/C26H38BF2N3O7/c1-24(2,3)37-23(36)30-19(21(33)32-10-8-9-18(31-32)22(34)35)13-15-11-16(20(28)29)14-17(12-15)27-38-25(4,5)26(6,7)39-27/h11-12,14,18-20,31H,8-10,13H2,1-7H3,(H,30,36)(H,34,35). The minimum Gasteiger partial charge on any atom is -0.480 e. The lowest BCUT2D eigenvalue weighted by molar-refractivity contribution is -0.147. The molecule has 13 heteroatoms. The summed E-state index contributed by atoms with van der Waals surface area (Å²) in [4.78, 5) is 37.6. The predicted octanol–water partition coefficient (Wildman–Crippen LogP) is 2.94. The Kier molecular flexibility index (Phi) is 8.98. The zero-order chi connectivity index (χ0) is 29.3. The highest BCUT2D eigenvalue weighted by Crippen LogP contribution is 2.37. The molecule has 2 aliphatic rings. The lowest BCUT2D eigenvalue weighted by atomic mass is 9.77. The van der Waals surface area contributed by atoms with E-state index in [1.165, 1.54) is 12.1 Å². The molecule has 216 valence electrons. The van der Waals surface area contributed by atoms with Crippen LogP contribution in [0.3, 0.4) is 0 Å². The zero-order valence-electron chi connectivity index (χ0n) is 23.5. The number of carboxylic acids is 1. The van der Waals surface area contributed by atoms with Gasteiger partial charge in [-0.05, 0) is 72.3 Å². The number of alkyl halides is 2. The first-order chi connectivity index (χ1) is 17.9. The van der Waals surface area contributed by atoms with Gasteiger partial charge in [0.05, 0.1) is 11.2 Å². The smallest absolute Gasteiger partial charge is 0.480 e. The van der Waals surface area contributed by atoms with Gasteiger partial charge in [0.1, 0.15) is 17.7 Å². The largest absolute Gasteiger partial charge is 0.494 e. The number of hydrazine groups is 1. The molecule has 2 saturated heterocycles. The highest BCUT2D eigenvalue weighted by molar-refractivity contribution is 6.62. The molecule has 2 atom stereocenters. The summed E-state index contributed by atoms with van der Waals surface area (Å²) in [5, 5.41) is 13.1. The number of halogens is 2. The number of alkyl carbamates (subject to hydrolysis) is 1. The first kappa shape index (κ1) is 30.8. The number of nitrogens with zero attached hydrogens (tertiary/aromatic N) is 1. The molecule has 39 heavy (non-hydrogen) atoms. The second-order valence-electron chi connectivity index (χ2n) is 12.0. The second-order valence-corrected chi connectivity index (χ2v) is 12.0. The van der Waals surface area contributed by atoms with Crippen molar-refractivity contribution < 1.29 is 42.3 Å². The van der Waals surface area contributed by atoms with E-state index >= 15 is 0 Å². The van der Waals surface area contributed by atoms with E-state index in [2.05, 4.69) is 10.7 Å². The Morgan fingerprint density at radius 2 is 1.79 bits per heavy atom. The summed E-state index contributed by atoms with van der Waals surface area (Å²) in [6, 6.07) is 1.97. The van der Waals surface area contributed by atoms with Crippen molar-refractivity contribution in [3.63, 3.8) is 0 Å². The van der Waals surface area contributed by atoms with Gasteiger partial charge >= 0.3 is 19.2 Å². The summed E-state index contributed by atoms with van der Waals surface area (Å²) in [5.74, 6) is -1.73. The molecular formula is C26H38BF2N3O7. The molecule has 0 aliphatic carbocycles. The van der Waals surface area contributed by atoms with Crippen LogP contribution in [-0.4, -0.2) is 70.6 Å². The summed E-state index contributed by atoms with van der Waals surface area (Å²) >= 11 is 0. The van der Waals surface area contributed by atoms with E-state index in [0.29, 0.717) is 23.9 Å². The molecule has 0 spiro atoms. The van der Waals surface area contributed by atoms with Gasteiger partial charge in [-0.2, -0.15) is 0 Å². The van der Waals surface area contributed by atoms with Gasteiger partial charge in [0.15, 0.2) is 0 Å². The number of hydrogen-bond acceptors (Lipinski definition) is 7. The number of rotatable bonds is 7. The van der Waals surface area contributed by atoms with Crippen molar-refractivity contribution in [3.05, 3.63) is 29.3 Å². The third kappa shape index (κ3) is 7.67. The number of nitrogens with one attached hydrogen (secondary N) is 2. The molecule has 0 aromatic heterocycles. The topological polar surface area (TPSA) is 126 Å². The maximum atomic E-state index is 13.9. The summed E-state index contributed by atoms with van der Waals surface area (Å²) in [6.45, 7) is 12.6. The fraction of sp³-hybridized carbons (Fsp3) is 0.654. The van der Waals surface area contributed by atoms with E-state index in [-0.39, 0.29) is 18.5 Å². The maximum absolute atomic E-state index is 13.9. The van der Waals surface area contributed by atoms with Crippen molar-refractivity contribution in [1.29, 1.82) is 0 Å². The molecule has 2 unspecified atom stereocenters. The Morgan fingerprint density at radius 3 is 2.33 bits per heavy atom. The van der Waals surface area contributed by atoms with Crippen molar-refractivity contribution in [2.24, 2.45) is 0 Å². The average Bonchev–Trinajstić information content (AvgIpc) is 3.03. The number of carbonyl (C=O) groups excluding carboxylic acids is 2. The molecule has 3 rings (SSSR count). The molecule has 0 saturated carbocycles. The number of carbonyl (C=O) groups is 3. The van der Waals surface area contributed by atoms with E-state index in [1.807, 2.05) is 27.7 Å². The quantitative estimate of drug-likeness (QED) is 0.440. The molecule has 1 aromatic rings. The Hall–Kier alpha value is -2.77. The first-order valence-corrected chi connectivity index (χ1v) is 13.0. The molecule has 0 bridgehead atoms. The SMILES string of the molecule is CC(C)(C)OC(=O)NC(Cc1cc(B2OC(C)(C)C(C)(C)O2)cc(C(F)F)c1)C(=O)N1CCCC(C(=O)O)N1. The summed E-state index contributed by atoms with van der Waals surface area (Å²) < 4.78 is 45.2. The predicted molar refractivity (Wildman–Crippen MR) is 139 cm³/mol. The minimum atomic E-state index is -2.81. The van der Waals surface area contributed by atoms with Crippen LogP contribution >= 0.6 is 0 Å². The van der Waals surface area contributed by atoms with Crippen molar-refractivity contribution in [2.45, 2.75) is 103 Å². The highest BCUT2D eigenvalue weighted by atomic mass is 19.3. The average molecular weight is 553 g/mol. The van der Waals surface area contributed by atoms with Crippen molar-refractivity contribution in [1.82, 2.24) is 15.8 Å². The fourth-order valence-corrected chi connectivity index (χ4v) is 4.30. The highest BCUT2D eigenvalue weighted by Gasteiger charge is 2.52.